The molecule has 0 radical (unpaired) electrons. The maximum Gasteiger partial charge on any atom is 0.213 e. The highest BCUT2D eigenvalue weighted by Gasteiger charge is 2.31. The molecule has 1 aliphatic carbocycles. The lowest BCUT2D eigenvalue weighted by atomic mass is 9.92. The van der Waals surface area contributed by atoms with Crippen LogP contribution >= 0.6 is 15.9 Å². The summed E-state index contributed by atoms with van der Waals surface area (Å²) < 4.78 is 34.6. The van der Waals surface area contributed by atoms with Gasteiger partial charge in [0.2, 0.25) is 5.88 Å². The first-order valence-corrected chi connectivity index (χ1v) is 11.8. The van der Waals surface area contributed by atoms with E-state index >= 15 is 0 Å². The monoisotopic (exact) mass is 509 g/mol. The molecule has 1 saturated carbocycles. The van der Waals surface area contributed by atoms with E-state index in [1.165, 1.54) is 5.56 Å². The second-order valence-electron chi connectivity index (χ2n) is 7.39. The number of halogens is 1. The van der Waals surface area contributed by atoms with Crippen molar-refractivity contribution in [2.24, 2.45) is 0 Å². The molecule has 176 valence electrons. The van der Waals surface area contributed by atoms with E-state index in [9.17, 15) is 0 Å². The average molecular weight is 510 g/mol. The van der Waals surface area contributed by atoms with Crippen LogP contribution < -0.4 is 4.74 Å². The third-order valence-corrected chi connectivity index (χ3v) is 5.32. The van der Waals surface area contributed by atoms with Crippen molar-refractivity contribution in [1.82, 2.24) is 4.98 Å². The van der Waals surface area contributed by atoms with E-state index in [0.29, 0.717) is 65.3 Å². The smallest absolute Gasteiger partial charge is 0.213 e. The quantitative estimate of drug-likeness (QED) is 0.298. The SMILES string of the molecule is Brc1ccc(OC2CC(OCCOCCOCCOCCOCc3ccccc3)C2)nc1. The zero-order valence-corrected chi connectivity index (χ0v) is 19.9. The zero-order chi connectivity index (χ0) is 22.3. The van der Waals surface area contributed by atoms with Crippen LogP contribution in [-0.2, 0) is 30.3 Å². The van der Waals surface area contributed by atoms with Crippen LogP contribution in [0.25, 0.3) is 0 Å². The second-order valence-corrected chi connectivity index (χ2v) is 8.31. The van der Waals surface area contributed by atoms with Crippen LogP contribution in [0.4, 0.5) is 0 Å². The number of ether oxygens (including phenoxy) is 6. The molecular weight excluding hydrogens is 478 g/mol. The molecule has 1 aliphatic rings. The van der Waals surface area contributed by atoms with Gasteiger partial charge in [0.15, 0.2) is 0 Å². The normalized spacial score (nSPS) is 17.8. The maximum absolute atomic E-state index is 5.80. The van der Waals surface area contributed by atoms with Gasteiger partial charge in [-0.05, 0) is 27.6 Å². The van der Waals surface area contributed by atoms with Gasteiger partial charge in [0.1, 0.15) is 6.10 Å². The lowest BCUT2D eigenvalue weighted by molar-refractivity contribution is -0.0798. The minimum absolute atomic E-state index is 0.181. The van der Waals surface area contributed by atoms with E-state index in [1.54, 1.807) is 6.20 Å². The molecule has 1 heterocycles. The lowest BCUT2D eigenvalue weighted by Gasteiger charge is -2.34. The van der Waals surface area contributed by atoms with Gasteiger partial charge < -0.3 is 28.4 Å². The Hall–Kier alpha value is -1.55. The fourth-order valence-corrected chi connectivity index (χ4v) is 3.28. The first-order chi connectivity index (χ1) is 15.8. The van der Waals surface area contributed by atoms with Crippen molar-refractivity contribution in [1.29, 1.82) is 0 Å². The van der Waals surface area contributed by atoms with Gasteiger partial charge in [-0.25, -0.2) is 4.98 Å². The summed E-state index contributed by atoms with van der Waals surface area (Å²) in [5, 5.41) is 0. The van der Waals surface area contributed by atoms with Crippen molar-refractivity contribution in [3.05, 3.63) is 58.7 Å². The summed E-state index contributed by atoms with van der Waals surface area (Å²) in [6, 6.07) is 13.9. The van der Waals surface area contributed by atoms with Crippen LogP contribution in [0.3, 0.4) is 0 Å². The van der Waals surface area contributed by atoms with Crippen LogP contribution in [0, 0.1) is 0 Å². The van der Waals surface area contributed by atoms with E-state index in [4.69, 9.17) is 28.4 Å². The molecule has 32 heavy (non-hydrogen) atoms. The number of pyridine rings is 1. The van der Waals surface area contributed by atoms with E-state index in [2.05, 4.69) is 20.9 Å². The van der Waals surface area contributed by atoms with Crippen molar-refractivity contribution < 1.29 is 28.4 Å². The molecule has 1 aromatic heterocycles. The highest BCUT2D eigenvalue weighted by Crippen LogP contribution is 2.27. The van der Waals surface area contributed by atoms with E-state index < -0.39 is 0 Å². The van der Waals surface area contributed by atoms with E-state index in [-0.39, 0.29) is 12.2 Å². The predicted molar refractivity (Wildman–Crippen MR) is 124 cm³/mol. The Morgan fingerprint density at radius 3 is 1.97 bits per heavy atom. The molecule has 1 aromatic carbocycles. The minimum atomic E-state index is 0.181. The van der Waals surface area contributed by atoms with Crippen molar-refractivity contribution in [2.75, 3.05) is 52.9 Å². The summed E-state index contributed by atoms with van der Waals surface area (Å²) in [4.78, 5) is 4.22. The summed E-state index contributed by atoms with van der Waals surface area (Å²) in [5.41, 5.74) is 1.17. The Kier molecular flexibility index (Phi) is 12.0. The molecule has 0 saturated heterocycles. The Bertz CT molecular complexity index is 727. The molecule has 0 spiro atoms. The first-order valence-electron chi connectivity index (χ1n) is 11.0. The summed E-state index contributed by atoms with van der Waals surface area (Å²) in [5.74, 6) is 0.654. The topological polar surface area (TPSA) is 68.3 Å². The lowest BCUT2D eigenvalue weighted by Crippen LogP contribution is -2.40. The van der Waals surface area contributed by atoms with Gasteiger partial charge >= 0.3 is 0 Å². The number of hydrogen-bond donors (Lipinski definition) is 0. The van der Waals surface area contributed by atoms with Gasteiger partial charge in [0.05, 0.1) is 65.6 Å². The summed E-state index contributed by atoms with van der Waals surface area (Å²) >= 11 is 3.36. The number of benzene rings is 1. The number of aromatic nitrogens is 1. The summed E-state index contributed by atoms with van der Waals surface area (Å²) in [6.07, 6.45) is 3.93. The Morgan fingerprint density at radius 2 is 1.34 bits per heavy atom. The average Bonchev–Trinajstić information content (AvgIpc) is 2.79. The molecule has 0 unspecified atom stereocenters. The van der Waals surface area contributed by atoms with Crippen LogP contribution in [0.1, 0.15) is 18.4 Å². The van der Waals surface area contributed by atoms with Gasteiger partial charge in [0, 0.05) is 29.6 Å². The molecule has 7 nitrogen and oxygen atoms in total. The molecule has 0 N–H and O–H groups in total. The third-order valence-electron chi connectivity index (χ3n) is 4.85. The standard InChI is InChI=1S/C24H32BrNO6/c25-21-6-7-24(26-18-21)32-23-16-22(17-23)31-15-14-29-11-10-27-8-9-28-12-13-30-19-20-4-2-1-3-5-20/h1-7,18,22-23H,8-17,19H2. The van der Waals surface area contributed by atoms with Crippen LogP contribution in [0.15, 0.2) is 53.1 Å². The predicted octanol–water partition coefficient (Wildman–Crippen LogP) is 4.04. The molecule has 0 amide bonds. The van der Waals surface area contributed by atoms with Crippen LogP contribution in [-0.4, -0.2) is 70.0 Å². The van der Waals surface area contributed by atoms with Crippen LogP contribution in [0.2, 0.25) is 0 Å². The minimum Gasteiger partial charge on any atom is -0.474 e. The Labute approximate surface area is 198 Å². The van der Waals surface area contributed by atoms with Crippen molar-refractivity contribution in [2.45, 2.75) is 31.7 Å². The molecule has 2 aromatic rings. The number of hydrogen-bond acceptors (Lipinski definition) is 7. The Morgan fingerprint density at radius 1 is 0.719 bits per heavy atom. The largest absolute Gasteiger partial charge is 0.474 e. The zero-order valence-electron chi connectivity index (χ0n) is 18.3. The summed E-state index contributed by atoms with van der Waals surface area (Å²) in [7, 11) is 0. The van der Waals surface area contributed by atoms with E-state index in [0.717, 1.165) is 17.3 Å². The number of nitrogens with zero attached hydrogens (tertiary/aromatic N) is 1. The molecule has 1 fully saturated rings. The maximum atomic E-state index is 5.80. The fraction of sp³-hybridized carbons (Fsp3) is 0.542. The molecule has 0 aliphatic heterocycles. The Balaban J connectivity index is 1.02. The molecule has 8 heteroatoms. The van der Waals surface area contributed by atoms with Gasteiger partial charge in [-0.3, -0.25) is 0 Å². The van der Waals surface area contributed by atoms with Crippen molar-refractivity contribution in [3.8, 4) is 5.88 Å². The van der Waals surface area contributed by atoms with Crippen LogP contribution in [0.5, 0.6) is 5.88 Å². The molecule has 0 atom stereocenters. The molecule has 0 bridgehead atoms. The highest BCUT2D eigenvalue weighted by molar-refractivity contribution is 9.10. The first kappa shape index (κ1) is 25.1. The molecule has 3 rings (SSSR count). The molecular formula is C24H32BrNO6. The van der Waals surface area contributed by atoms with E-state index in [1.807, 2.05) is 42.5 Å². The van der Waals surface area contributed by atoms with Gasteiger partial charge in [-0.1, -0.05) is 30.3 Å². The second kappa shape index (κ2) is 15.3. The number of rotatable bonds is 17. The fourth-order valence-electron chi connectivity index (χ4n) is 3.05. The van der Waals surface area contributed by atoms with Gasteiger partial charge in [-0.15, -0.1) is 0 Å². The summed E-state index contributed by atoms with van der Waals surface area (Å²) in [6.45, 7) is 5.11. The van der Waals surface area contributed by atoms with Crippen molar-refractivity contribution >= 4 is 15.9 Å². The highest BCUT2D eigenvalue weighted by atomic mass is 79.9. The third kappa shape index (κ3) is 10.4. The van der Waals surface area contributed by atoms with Gasteiger partial charge in [0.25, 0.3) is 0 Å². The van der Waals surface area contributed by atoms with Crippen molar-refractivity contribution in [3.63, 3.8) is 0 Å². The van der Waals surface area contributed by atoms with Gasteiger partial charge in [-0.2, -0.15) is 0 Å².